The van der Waals surface area contributed by atoms with E-state index in [1.54, 1.807) is 14.2 Å². The normalized spacial score (nSPS) is 23.6. The fourth-order valence-electron chi connectivity index (χ4n) is 3.35. The van der Waals surface area contributed by atoms with Gasteiger partial charge in [0.2, 0.25) is 5.91 Å². The van der Waals surface area contributed by atoms with Crippen LogP contribution >= 0.6 is 0 Å². The second-order valence-electron chi connectivity index (χ2n) is 6.24. The summed E-state index contributed by atoms with van der Waals surface area (Å²) in [5.74, 6) is 1.42. The van der Waals surface area contributed by atoms with Gasteiger partial charge in [-0.15, -0.1) is 0 Å². The van der Waals surface area contributed by atoms with Crippen molar-refractivity contribution in [3.63, 3.8) is 0 Å². The van der Waals surface area contributed by atoms with E-state index in [0.717, 1.165) is 44.9 Å². The number of nitrogens with one attached hydrogen (secondary N) is 2. The van der Waals surface area contributed by atoms with E-state index in [0.29, 0.717) is 18.6 Å². The molecule has 2 N–H and O–H groups in total. The number of ether oxygens (including phenoxy) is 1. The SMILES string of the molecule is CN=C(NCCOC)NC1CCN(C(=O)C2CCCCC2)C1. The van der Waals surface area contributed by atoms with Gasteiger partial charge in [-0.1, -0.05) is 19.3 Å². The van der Waals surface area contributed by atoms with Gasteiger partial charge in [0, 0.05) is 45.8 Å². The van der Waals surface area contributed by atoms with E-state index in [1.165, 1.54) is 19.3 Å². The van der Waals surface area contributed by atoms with Gasteiger partial charge in [0.05, 0.1) is 6.61 Å². The summed E-state index contributed by atoms with van der Waals surface area (Å²) >= 11 is 0. The van der Waals surface area contributed by atoms with Crippen LogP contribution in [0.4, 0.5) is 0 Å². The molecule has 0 bridgehead atoms. The molecule has 2 fully saturated rings. The first-order chi connectivity index (χ1) is 10.7. The topological polar surface area (TPSA) is 66.0 Å². The molecular weight excluding hydrogens is 280 g/mol. The number of rotatable bonds is 5. The molecule has 0 aromatic rings. The number of aliphatic imine (C=N–C) groups is 1. The maximum Gasteiger partial charge on any atom is 0.225 e. The first kappa shape index (κ1) is 17.1. The summed E-state index contributed by atoms with van der Waals surface area (Å²) in [6.45, 7) is 3.04. The molecule has 1 saturated carbocycles. The predicted molar refractivity (Wildman–Crippen MR) is 87.9 cm³/mol. The van der Waals surface area contributed by atoms with Gasteiger partial charge in [0.1, 0.15) is 0 Å². The fourth-order valence-corrected chi connectivity index (χ4v) is 3.35. The molecule has 2 rings (SSSR count). The van der Waals surface area contributed by atoms with Crippen LogP contribution in [0.3, 0.4) is 0 Å². The summed E-state index contributed by atoms with van der Waals surface area (Å²) in [5, 5.41) is 6.62. The number of amides is 1. The molecule has 1 unspecified atom stereocenters. The maximum atomic E-state index is 12.5. The van der Waals surface area contributed by atoms with E-state index in [-0.39, 0.29) is 5.92 Å². The third-order valence-corrected chi connectivity index (χ3v) is 4.62. The van der Waals surface area contributed by atoms with E-state index in [4.69, 9.17) is 4.74 Å². The summed E-state index contributed by atoms with van der Waals surface area (Å²) in [5.41, 5.74) is 0. The molecule has 1 atom stereocenters. The second-order valence-corrected chi connectivity index (χ2v) is 6.24. The van der Waals surface area contributed by atoms with Crippen LogP contribution in [0.2, 0.25) is 0 Å². The van der Waals surface area contributed by atoms with Crippen LogP contribution in [0.25, 0.3) is 0 Å². The van der Waals surface area contributed by atoms with Crippen LogP contribution in [-0.4, -0.2) is 63.2 Å². The lowest BCUT2D eigenvalue weighted by Crippen LogP contribution is -2.46. The highest BCUT2D eigenvalue weighted by Gasteiger charge is 2.31. The molecule has 1 aliphatic heterocycles. The third kappa shape index (κ3) is 4.87. The van der Waals surface area contributed by atoms with Crippen molar-refractivity contribution in [2.45, 2.75) is 44.6 Å². The fraction of sp³-hybridized carbons (Fsp3) is 0.875. The van der Waals surface area contributed by atoms with E-state index in [9.17, 15) is 4.79 Å². The van der Waals surface area contributed by atoms with E-state index < -0.39 is 0 Å². The van der Waals surface area contributed by atoms with Gasteiger partial charge in [0.25, 0.3) is 0 Å². The number of carbonyl (C=O) groups excluding carboxylic acids is 1. The highest BCUT2D eigenvalue weighted by Crippen LogP contribution is 2.26. The maximum absolute atomic E-state index is 12.5. The summed E-state index contributed by atoms with van der Waals surface area (Å²) in [6, 6.07) is 0.293. The number of hydrogen-bond donors (Lipinski definition) is 2. The van der Waals surface area contributed by atoms with Crippen molar-refractivity contribution in [2.24, 2.45) is 10.9 Å². The Labute approximate surface area is 133 Å². The average Bonchev–Trinajstić information content (AvgIpc) is 3.02. The van der Waals surface area contributed by atoms with Gasteiger partial charge in [-0.05, 0) is 19.3 Å². The molecule has 1 amide bonds. The number of guanidine groups is 1. The second kappa shape index (κ2) is 8.98. The number of hydrogen-bond acceptors (Lipinski definition) is 3. The lowest BCUT2D eigenvalue weighted by atomic mass is 9.88. The van der Waals surface area contributed by atoms with Gasteiger partial charge in [0.15, 0.2) is 5.96 Å². The summed E-state index contributed by atoms with van der Waals surface area (Å²) < 4.78 is 5.02. The zero-order valence-corrected chi connectivity index (χ0v) is 13.9. The Bertz CT molecular complexity index is 380. The van der Waals surface area contributed by atoms with E-state index in [2.05, 4.69) is 15.6 Å². The Morgan fingerprint density at radius 3 is 2.73 bits per heavy atom. The first-order valence-electron chi connectivity index (χ1n) is 8.49. The Morgan fingerprint density at radius 1 is 1.27 bits per heavy atom. The monoisotopic (exact) mass is 310 g/mol. The predicted octanol–water partition coefficient (Wildman–Crippen LogP) is 0.979. The molecule has 2 aliphatic rings. The smallest absolute Gasteiger partial charge is 0.225 e. The van der Waals surface area contributed by atoms with Crippen molar-refractivity contribution >= 4 is 11.9 Å². The minimum atomic E-state index is 0.270. The quantitative estimate of drug-likeness (QED) is 0.451. The molecule has 6 heteroatoms. The van der Waals surface area contributed by atoms with E-state index >= 15 is 0 Å². The lowest BCUT2D eigenvalue weighted by Gasteiger charge is -2.26. The Morgan fingerprint density at radius 2 is 2.05 bits per heavy atom. The highest BCUT2D eigenvalue weighted by molar-refractivity contribution is 5.81. The molecule has 6 nitrogen and oxygen atoms in total. The summed E-state index contributed by atoms with van der Waals surface area (Å²) in [4.78, 5) is 18.8. The van der Waals surface area contributed by atoms with Gasteiger partial charge >= 0.3 is 0 Å². The molecule has 126 valence electrons. The van der Waals surface area contributed by atoms with Crippen LogP contribution < -0.4 is 10.6 Å². The van der Waals surface area contributed by atoms with E-state index in [1.807, 2.05) is 4.90 Å². The summed E-state index contributed by atoms with van der Waals surface area (Å²) in [6.07, 6.45) is 6.85. The lowest BCUT2D eigenvalue weighted by molar-refractivity contribution is -0.135. The highest BCUT2D eigenvalue weighted by atomic mass is 16.5. The zero-order chi connectivity index (χ0) is 15.8. The number of likely N-dealkylation sites (tertiary alicyclic amines) is 1. The van der Waals surface area contributed by atoms with Crippen LogP contribution in [0, 0.1) is 5.92 Å². The molecule has 0 radical (unpaired) electrons. The minimum absolute atomic E-state index is 0.270. The Kier molecular flexibility index (Phi) is 6.96. The molecule has 0 aromatic heterocycles. The van der Waals surface area contributed by atoms with Crippen molar-refractivity contribution in [2.75, 3.05) is 40.4 Å². The first-order valence-corrected chi connectivity index (χ1v) is 8.49. The van der Waals surface area contributed by atoms with Crippen LogP contribution in [0.1, 0.15) is 38.5 Å². The van der Waals surface area contributed by atoms with Crippen LogP contribution in [0.5, 0.6) is 0 Å². The minimum Gasteiger partial charge on any atom is -0.383 e. The van der Waals surface area contributed by atoms with Crippen LogP contribution in [-0.2, 0) is 9.53 Å². The number of methoxy groups -OCH3 is 1. The molecule has 0 spiro atoms. The molecule has 22 heavy (non-hydrogen) atoms. The molecular formula is C16H30N4O2. The van der Waals surface area contributed by atoms with Gasteiger partial charge < -0.3 is 20.3 Å². The van der Waals surface area contributed by atoms with Crippen molar-refractivity contribution in [3.05, 3.63) is 0 Å². The summed E-state index contributed by atoms with van der Waals surface area (Å²) in [7, 11) is 3.45. The number of nitrogens with zero attached hydrogens (tertiary/aromatic N) is 2. The Hall–Kier alpha value is -1.30. The standard InChI is InChI=1S/C16H30N4O2/c1-17-16(18-9-11-22-2)19-14-8-10-20(12-14)15(21)13-6-4-3-5-7-13/h13-14H,3-12H2,1-2H3,(H2,17,18,19). The number of carbonyl (C=O) groups is 1. The van der Waals surface area contributed by atoms with Gasteiger partial charge in [-0.25, -0.2) is 0 Å². The zero-order valence-electron chi connectivity index (χ0n) is 13.9. The molecule has 1 saturated heterocycles. The third-order valence-electron chi connectivity index (χ3n) is 4.62. The average molecular weight is 310 g/mol. The molecule has 0 aromatic carbocycles. The largest absolute Gasteiger partial charge is 0.383 e. The van der Waals surface area contributed by atoms with Crippen LogP contribution in [0.15, 0.2) is 4.99 Å². The van der Waals surface area contributed by atoms with Crippen molar-refractivity contribution in [3.8, 4) is 0 Å². The van der Waals surface area contributed by atoms with Crippen molar-refractivity contribution in [1.82, 2.24) is 15.5 Å². The Balaban J connectivity index is 1.75. The van der Waals surface area contributed by atoms with Crippen molar-refractivity contribution in [1.29, 1.82) is 0 Å². The molecule has 1 aliphatic carbocycles. The van der Waals surface area contributed by atoms with Gasteiger partial charge in [-0.3, -0.25) is 9.79 Å². The van der Waals surface area contributed by atoms with Crippen molar-refractivity contribution < 1.29 is 9.53 Å². The van der Waals surface area contributed by atoms with Gasteiger partial charge in [-0.2, -0.15) is 0 Å². The molecule has 1 heterocycles.